The molecule has 0 atom stereocenters. The maximum atomic E-state index is 11.7. The van der Waals surface area contributed by atoms with Gasteiger partial charge in [-0.3, -0.25) is 4.79 Å². The lowest BCUT2D eigenvalue weighted by Crippen LogP contribution is -2.27. The fourth-order valence-corrected chi connectivity index (χ4v) is 1.10. The predicted molar refractivity (Wildman–Crippen MR) is 45.0 cm³/mol. The fraction of sp³-hybridized carbons (Fsp3) is 0.600. The molecule has 1 amide bonds. The molecule has 0 fully saturated rings. The zero-order valence-electron chi connectivity index (χ0n) is 7.21. The summed E-state index contributed by atoms with van der Waals surface area (Å²) < 4.78 is 35.0. The number of hydrogen-bond acceptors (Lipinski definition) is 5. The van der Waals surface area contributed by atoms with Gasteiger partial charge in [0.2, 0.25) is 0 Å². The lowest BCUT2D eigenvalue weighted by Gasteiger charge is -2.05. The highest BCUT2D eigenvalue weighted by molar-refractivity contribution is 8.00. The minimum Gasteiger partial charge on any atom is -0.348 e. The molecule has 10 heteroatoms. The van der Waals surface area contributed by atoms with Crippen LogP contribution in [0.4, 0.5) is 13.2 Å². The Morgan fingerprint density at radius 1 is 1.53 bits per heavy atom. The molecule has 1 aromatic rings. The van der Waals surface area contributed by atoms with Crippen molar-refractivity contribution in [2.24, 2.45) is 0 Å². The van der Waals surface area contributed by atoms with Gasteiger partial charge in [0.1, 0.15) is 0 Å². The average Bonchev–Trinajstić information content (AvgIpc) is 2.63. The van der Waals surface area contributed by atoms with Crippen molar-refractivity contribution in [3.05, 3.63) is 5.82 Å². The van der Waals surface area contributed by atoms with Gasteiger partial charge in [0, 0.05) is 12.3 Å². The first-order chi connectivity index (χ1) is 6.99. The third-order valence-corrected chi connectivity index (χ3v) is 1.94. The fourth-order valence-electron chi connectivity index (χ4n) is 0.668. The van der Waals surface area contributed by atoms with E-state index < -0.39 is 11.4 Å². The molecule has 2 N–H and O–H groups in total. The Labute approximate surface area is 86.0 Å². The van der Waals surface area contributed by atoms with Gasteiger partial charge in [-0.1, -0.05) is 0 Å². The van der Waals surface area contributed by atoms with Crippen molar-refractivity contribution >= 4 is 17.7 Å². The molecule has 0 saturated carbocycles. The largest absolute Gasteiger partial charge is 0.441 e. The Morgan fingerprint density at radius 3 is 2.80 bits per heavy atom. The van der Waals surface area contributed by atoms with Crippen LogP contribution in [0.3, 0.4) is 0 Å². The molecule has 84 valence electrons. The Bertz CT molecular complexity index is 313. The smallest absolute Gasteiger partial charge is 0.348 e. The van der Waals surface area contributed by atoms with E-state index in [4.69, 9.17) is 0 Å². The molecule has 0 bridgehead atoms. The minimum absolute atomic E-state index is 0.114. The van der Waals surface area contributed by atoms with Gasteiger partial charge >= 0.3 is 5.51 Å². The summed E-state index contributed by atoms with van der Waals surface area (Å²) in [6.45, 7) is -0.114. The first-order valence-corrected chi connectivity index (χ1v) is 4.70. The number of carbonyl (C=O) groups excluding carboxylic acids is 1. The number of aromatic amines is 1. The number of rotatable bonds is 4. The number of amides is 1. The van der Waals surface area contributed by atoms with Gasteiger partial charge in [-0.2, -0.15) is 18.4 Å². The summed E-state index contributed by atoms with van der Waals surface area (Å²) in [5.41, 5.74) is -4.28. The first kappa shape index (κ1) is 11.8. The molecule has 0 aliphatic heterocycles. The third-order valence-electron chi connectivity index (χ3n) is 1.20. The lowest BCUT2D eigenvalue weighted by atomic mass is 10.5. The molecular formula is C5H6F3N5OS. The molecule has 0 saturated heterocycles. The highest BCUT2D eigenvalue weighted by Gasteiger charge is 2.27. The molecule has 0 radical (unpaired) electrons. The summed E-state index contributed by atoms with van der Waals surface area (Å²) in [5, 5.41) is 14.1. The van der Waals surface area contributed by atoms with E-state index >= 15 is 0 Å². The number of hydrogen-bond donors (Lipinski definition) is 2. The highest BCUT2D eigenvalue weighted by Crippen LogP contribution is 2.29. The normalized spacial score (nSPS) is 11.4. The second kappa shape index (κ2) is 4.96. The number of nitrogens with one attached hydrogen (secondary N) is 2. The van der Waals surface area contributed by atoms with Crippen LogP contribution >= 0.6 is 11.8 Å². The molecule has 0 spiro atoms. The predicted octanol–water partition coefficient (Wildman–Crippen LogP) is 0.182. The van der Waals surface area contributed by atoms with Gasteiger partial charge in [-0.15, -0.1) is 10.2 Å². The SMILES string of the molecule is O=C(NCCSC(F)(F)F)c1nn[nH]n1. The molecule has 1 rings (SSSR count). The summed E-state index contributed by atoms with van der Waals surface area (Å²) in [7, 11) is 0. The number of halogens is 3. The van der Waals surface area contributed by atoms with Gasteiger partial charge in [0.25, 0.3) is 11.7 Å². The van der Waals surface area contributed by atoms with E-state index in [2.05, 4.69) is 25.9 Å². The highest BCUT2D eigenvalue weighted by atomic mass is 32.2. The van der Waals surface area contributed by atoms with Gasteiger partial charge in [-0.05, 0) is 17.0 Å². The van der Waals surface area contributed by atoms with Crippen molar-refractivity contribution in [1.82, 2.24) is 25.9 Å². The van der Waals surface area contributed by atoms with Crippen LogP contribution in [0, 0.1) is 0 Å². The van der Waals surface area contributed by atoms with Crippen molar-refractivity contribution in [2.75, 3.05) is 12.3 Å². The van der Waals surface area contributed by atoms with E-state index in [1.54, 1.807) is 0 Å². The quantitative estimate of drug-likeness (QED) is 0.735. The summed E-state index contributed by atoms with van der Waals surface area (Å²) in [5.74, 6) is -1.12. The van der Waals surface area contributed by atoms with Crippen LogP contribution in [0.1, 0.15) is 10.6 Å². The van der Waals surface area contributed by atoms with Crippen LogP contribution in [0.5, 0.6) is 0 Å². The molecular weight excluding hydrogens is 235 g/mol. The Balaban J connectivity index is 2.19. The van der Waals surface area contributed by atoms with Crippen LogP contribution in [0.15, 0.2) is 0 Å². The number of H-pyrrole nitrogens is 1. The molecule has 0 aromatic carbocycles. The zero-order chi connectivity index (χ0) is 11.3. The van der Waals surface area contributed by atoms with Crippen LogP contribution in [-0.2, 0) is 0 Å². The van der Waals surface area contributed by atoms with Gasteiger partial charge in [0.15, 0.2) is 0 Å². The van der Waals surface area contributed by atoms with Gasteiger partial charge < -0.3 is 5.32 Å². The monoisotopic (exact) mass is 241 g/mol. The van der Waals surface area contributed by atoms with Crippen LogP contribution in [-0.4, -0.2) is 44.3 Å². The molecule has 0 unspecified atom stereocenters. The maximum absolute atomic E-state index is 11.7. The van der Waals surface area contributed by atoms with Crippen molar-refractivity contribution in [1.29, 1.82) is 0 Å². The topological polar surface area (TPSA) is 83.6 Å². The Hall–Kier alpha value is -1.32. The van der Waals surface area contributed by atoms with E-state index in [1.165, 1.54) is 0 Å². The van der Waals surface area contributed by atoms with Crippen LogP contribution in [0.2, 0.25) is 0 Å². The molecule has 1 heterocycles. The number of thioether (sulfide) groups is 1. The summed E-state index contributed by atoms with van der Waals surface area (Å²) in [6.07, 6.45) is 0. The van der Waals surface area contributed by atoms with Crippen molar-refractivity contribution in [3.8, 4) is 0 Å². The van der Waals surface area contributed by atoms with E-state index in [1.807, 2.05) is 0 Å². The molecule has 15 heavy (non-hydrogen) atoms. The molecule has 6 nitrogen and oxygen atoms in total. The standard InChI is InChI=1S/C5H6F3N5OS/c6-5(7,8)15-2-1-9-4(14)3-10-12-13-11-3/h1-2H2,(H,9,14)(H,10,11,12,13). The van der Waals surface area contributed by atoms with E-state index in [-0.39, 0.29) is 29.9 Å². The average molecular weight is 241 g/mol. The third kappa shape index (κ3) is 4.63. The lowest BCUT2D eigenvalue weighted by molar-refractivity contribution is -0.0327. The van der Waals surface area contributed by atoms with Crippen LogP contribution in [0.25, 0.3) is 0 Å². The zero-order valence-corrected chi connectivity index (χ0v) is 8.02. The van der Waals surface area contributed by atoms with Crippen LogP contribution < -0.4 is 5.32 Å². The second-order valence-corrected chi connectivity index (χ2v) is 3.45. The van der Waals surface area contributed by atoms with Crippen molar-refractivity contribution < 1.29 is 18.0 Å². The van der Waals surface area contributed by atoms with Crippen molar-refractivity contribution in [2.45, 2.75) is 5.51 Å². The first-order valence-electron chi connectivity index (χ1n) is 3.71. The molecule has 0 aliphatic rings. The number of alkyl halides is 3. The number of carbonyl (C=O) groups is 1. The van der Waals surface area contributed by atoms with E-state index in [0.717, 1.165) is 0 Å². The summed E-state index contributed by atoms with van der Waals surface area (Å²) in [4.78, 5) is 11.0. The number of aromatic nitrogens is 4. The van der Waals surface area contributed by atoms with Crippen molar-refractivity contribution in [3.63, 3.8) is 0 Å². The second-order valence-electron chi connectivity index (χ2n) is 2.29. The Kier molecular flexibility index (Phi) is 3.88. The molecule has 1 aromatic heterocycles. The maximum Gasteiger partial charge on any atom is 0.441 e. The van der Waals surface area contributed by atoms with E-state index in [9.17, 15) is 18.0 Å². The summed E-state index contributed by atoms with van der Waals surface area (Å²) >= 11 is -0.206. The number of tetrazole rings is 1. The Morgan fingerprint density at radius 2 is 2.27 bits per heavy atom. The van der Waals surface area contributed by atoms with Gasteiger partial charge in [0.05, 0.1) is 0 Å². The van der Waals surface area contributed by atoms with E-state index in [0.29, 0.717) is 0 Å². The summed E-state index contributed by atoms with van der Waals surface area (Å²) in [6, 6.07) is 0. The number of nitrogens with zero attached hydrogens (tertiary/aromatic N) is 3. The van der Waals surface area contributed by atoms with Gasteiger partial charge in [-0.25, -0.2) is 0 Å². The molecule has 0 aliphatic carbocycles. The minimum atomic E-state index is -4.28.